The highest BCUT2D eigenvalue weighted by atomic mass is 16.6. The molecule has 21 heavy (non-hydrogen) atoms. The lowest BCUT2D eigenvalue weighted by molar-refractivity contribution is -0.384. The molecule has 0 aliphatic rings. The van der Waals surface area contributed by atoms with E-state index in [-0.39, 0.29) is 16.9 Å². The predicted molar refractivity (Wildman–Crippen MR) is 79.2 cm³/mol. The topological polar surface area (TPSA) is 83.7 Å². The molecular weight excluding hydrogens is 272 g/mol. The third-order valence-corrected chi connectivity index (χ3v) is 3.09. The number of hydrogen-bond acceptors (Lipinski definition) is 4. The minimum Gasteiger partial charge on any atom is -0.478 e. The van der Waals surface area contributed by atoms with Crippen molar-refractivity contribution < 1.29 is 14.8 Å². The van der Waals surface area contributed by atoms with Crippen molar-refractivity contribution in [3.63, 3.8) is 0 Å². The number of carbonyl (C=O) groups is 1. The minimum atomic E-state index is -1.12. The van der Waals surface area contributed by atoms with E-state index in [1.807, 2.05) is 37.3 Å². The Morgan fingerprint density at radius 1 is 1.24 bits per heavy atom. The predicted octanol–water partition coefficient (Wildman–Crippen LogP) is 3.45. The summed E-state index contributed by atoms with van der Waals surface area (Å²) in [6.07, 6.45) is 0. The van der Waals surface area contributed by atoms with Gasteiger partial charge >= 0.3 is 5.97 Å². The Bertz CT molecular complexity index is 671. The first-order chi connectivity index (χ1) is 10.0. The minimum absolute atomic E-state index is 0.0185. The molecule has 0 aliphatic heterocycles. The summed E-state index contributed by atoms with van der Waals surface area (Å²) in [5.74, 6) is -1.12. The fraction of sp³-hybridized carbons (Fsp3) is 0.133. The maximum atomic E-state index is 11.2. The molecular formula is C15H14N2O4. The lowest BCUT2D eigenvalue weighted by Gasteiger charge is -2.23. The monoisotopic (exact) mass is 286 g/mol. The molecule has 2 aromatic carbocycles. The molecule has 6 heteroatoms. The Morgan fingerprint density at radius 3 is 2.43 bits per heavy atom. The number of anilines is 2. The highest BCUT2D eigenvalue weighted by molar-refractivity contribution is 5.90. The van der Waals surface area contributed by atoms with Crippen molar-refractivity contribution in [1.82, 2.24) is 0 Å². The van der Waals surface area contributed by atoms with Gasteiger partial charge in [-0.05, 0) is 31.2 Å². The first-order valence-corrected chi connectivity index (χ1v) is 6.39. The van der Waals surface area contributed by atoms with Gasteiger partial charge < -0.3 is 10.0 Å². The van der Waals surface area contributed by atoms with Gasteiger partial charge in [-0.2, -0.15) is 0 Å². The maximum absolute atomic E-state index is 11.2. The number of carboxylic acid groups (broad SMARTS) is 1. The van der Waals surface area contributed by atoms with Crippen LogP contribution in [0.2, 0.25) is 0 Å². The van der Waals surface area contributed by atoms with Crippen LogP contribution >= 0.6 is 0 Å². The Kier molecular flexibility index (Phi) is 4.18. The van der Waals surface area contributed by atoms with Crippen molar-refractivity contribution in [2.45, 2.75) is 6.92 Å². The second-order valence-electron chi connectivity index (χ2n) is 4.35. The molecule has 0 radical (unpaired) electrons. The third-order valence-electron chi connectivity index (χ3n) is 3.09. The van der Waals surface area contributed by atoms with Crippen molar-refractivity contribution in [2.24, 2.45) is 0 Å². The zero-order valence-corrected chi connectivity index (χ0v) is 11.4. The van der Waals surface area contributed by atoms with E-state index in [0.717, 1.165) is 5.69 Å². The molecule has 1 N–H and O–H groups in total. The molecule has 0 saturated heterocycles. The Morgan fingerprint density at radius 2 is 1.90 bits per heavy atom. The lowest BCUT2D eigenvalue weighted by Crippen LogP contribution is -2.18. The smallest absolute Gasteiger partial charge is 0.335 e. The average Bonchev–Trinajstić information content (AvgIpc) is 2.48. The number of aromatic carboxylic acids is 1. The van der Waals surface area contributed by atoms with Gasteiger partial charge in [0.2, 0.25) is 0 Å². The molecule has 0 unspecified atom stereocenters. The second-order valence-corrected chi connectivity index (χ2v) is 4.35. The van der Waals surface area contributed by atoms with E-state index in [1.54, 1.807) is 4.90 Å². The van der Waals surface area contributed by atoms with E-state index in [0.29, 0.717) is 6.54 Å². The van der Waals surface area contributed by atoms with Crippen LogP contribution in [0.3, 0.4) is 0 Å². The van der Waals surface area contributed by atoms with Crippen LogP contribution in [-0.4, -0.2) is 22.5 Å². The standard InChI is InChI=1S/C15H14N2O4/c1-2-16(12-6-4-3-5-7-12)14-10-11(15(18)19)8-9-13(14)17(20)21/h3-10H,2H2,1H3,(H,18,19). The summed E-state index contributed by atoms with van der Waals surface area (Å²) in [5.41, 5.74) is 0.940. The first-order valence-electron chi connectivity index (χ1n) is 6.39. The second kappa shape index (κ2) is 6.04. The molecule has 0 amide bonds. The van der Waals surface area contributed by atoms with Gasteiger partial charge in [0.1, 0.15) is 5.69 Å². The summed E-state index contributed by atoms with van der Waals surface area (Å²) >= 11 is 0. The van der Waals surface area contributed by atoms with Gasteiger partial charge in [0.25, 0.3) is 5.69 Å². The fourth-order valence-electron chi connectivity index (χ4n) is 2.13. The van der Waals surface area contributed by atoms with Gasteiger partial charge in [0.15, 0.2) is 0 Å². The number of nitrogens with zero attached hydrogens (tertiary/aromatic N) is 2. The van der Waals surface area contributed by atoms with Gasteiger partial charge in [-0.15, -0.1) is 0 Å². The molecule has 0 heterocycles. The van der Waals surface area contributed by atoms with Gasteiger partial charge in [0, 0.05) is 18.3 Å². The summed E-state index contributed by atoms with van der Waals surface area (Å²) in [4.78, 5) is 23.5. The quantitative estimate of drug-likeness (QED) is 0.672. The van der Waals surface area contributed by atoms with Gasteiger partial charge in [-0.1, -0.05) is 18.2 Å². The highest BCUT2D eigenvalue weighted by Gasteiger charge is 2.21. The summed E-state index contributed by atoms with van der Waals surface area (Å²) < 4.78 is 0. The van der Waals surface area contributed by atoms with Crippen LogP contribution in [0.25, 0.3) is 0 Å². The Balaban J connectivity index is 2.60. The van der Waals surface area contributed by atoms with Crippen LogP contribution in [0.15, 0.2) is 48.5 Å². The molecule has 0 aliphatic carbocycles. The van der Waals surface area contributed by atoms with Crippen LogP contribution < -0.4 is 4.90 Å². The third kappa shape index (κ3) is 3.00. The molecule has 2 aromatic rings. The van der Waals surface area contributed by atoms with E-state index in [4.69, 9.17) is 5.11 Å². The number of rotatable bonds is 5. The van der Waals surface area contributed by atoms with E-state index in [1.165, 1.54) is 18.2 Å². The largest absolute Gasteiger partial charge is 0.478 e. The van der Waals surface area contributed by atoms with Crippen LogP contribution in [-0.2, 0) is 0 Å². The highest BCUT2D eigenvalue weighted by Crippen LogP contribution is 2.34. The molecule has 0 fully saturated rings. The van der Waals surface area contributed by atoms with Crippen molar-refractivity contribution in [3.8, 4) is 0 Å². The van der Waals surface area contributed by atoms with Crippen LogP contribution in [0.4, 0.5) is 17.1 Å². The van der Waals surface area contributed by atoms with Gasteiger partial charge in [0.05, 0.1) is 10.5 Å². The zero-order valence-electron chi connectivity index (χ0n) is 11.4. The van der Waals surface area contributed by atoms with Crippen LogP contribution in [0.5, 0.6) is 0 Å². The molecule has 108 valence electrons. The number of nitro groups is 1. The Hall–Kier alpha value is -2.89. The fourth-order valence-corrected chi connectivity index (χ4v) is 2.13. The van der Waals surface area contributed by atoms with Gasteiger partial charge in [-0.25, -0.2) is 4.79 Å². The van der Waals surface area contributed by atoms with Crippen molar-refractivity contribution in [1.29, 1.82) is 0 Å². The average molecular weight is 286 g/mol. The molecule has 0 atom stereocenters. The lowest BCUT2D eigenvalue weighted by atomic mass is 10.1. The molecule has 0 saturated carbocycles. The molecule has 2 rings (SSSR count). The normalized spacial score (nSPS) is 10.1. The maximum Gasteiger partial charge on any atom is 0.335 e. The number of nitro benzene ring substituents is 1. The van der Waals surface area contributed by atoms with Crippen LogP contribution in [0, 0.1) is 10.1 Å². The van der Waals surface area contributed by atoms with E-state index in [9.17, 15) is 14.9 Å². The molecule has 0 spiro atoms. The Labute approximate surface area is 121 Å². The summed E-state index contributed by atoms with van der Waals surface area (Å²) in [6, 6.07) is 12.9. The van der Waals surface area contributed by atoms with E-state index < -0.39 is 10.9 Å². The number of para-hydroxylation sites is 1. The van der Waals surface area contributed by atoms with Crippen molar-refractivity contribution in [3.05, 3.63) is 64.2 Å². The molecule has 0 bridgehead atoms. The molecule has 6 nitrogen and oxygen atoms in total. The van der Waals surface area contributed by atoms with Crippen molar-refractivity contribution >= 4 is 23.0 Å². The van der Waals surface area contributed by atoms with E-state index in [2.05, 4.69) is 0 Å². The number of carboxylic acids is 1. The summed E-state index contributed by atoms with van der Waals surface area (Å²) in [7, 11) is 0. The first kappa shape index (κ1) is 14.5. The zero-order chi connectivity index (χ0) is 15.4. The number of hydrogen-bond donors (Lipinski definition) is 1. The molecule has 0 aromatic heterocycles. The summed E-state index contributed by atoms with van der Waals surface area (Å²) in [5, 5.41) is 20.3. The van der Waals surface area contributed by atoms with Crippen molar-refractivity contribution in [2.75, 3.05) is 11.4 Å². The SMILES string of the molecule is CCN(c1ccccc1)c1cc(C(=O)O)ccc1[N+](=O)[O-]. The van der Waals surface area contributed by atoms with Crippen LogP contribution in [0.1, 0.15) is 17.3 Å². The van der Waals surface area contributed by atoms with E-state index >= 15 is 0 Å². The summed E-state index contributed by atoms with van der Waals surface area (Å²) in [6.45, 7) is 2.33. The van der Waals surface area contributed by atoms with Gasteiger partial charge in [-0.3, -0.25) is 10.1 Å². The number of benzene rings is 2.